The third-order valence-corrected chi connectivity index (χ3v) is 4.91. The second-order valence-electron chi connectivity index (χ2n) is 5.69. The van der Waals surface area contributed by atoms with Gasteiger partial charge in [-0.25, -0.2) is 15.0 Å². The van der Waals surface area contributed by atoms with Crippen LogP contribution in [0, 0.1) is 0 Å². The number of aromatic nitrogens is 4. The maximum absolute atomic E-state index is 4.81. The lowest BCUT2D eigenvalue weighted by atomic mass is 10.2. The van der Waals surface area contributed by atoms with Crippen LogP contribution in [0.2, 0.25) is 0 Å². The highest BCUT2D eigenvalue weighted by atomic mass is 32.1. The van der Waals surface area contributed by atoms with Crippen LogP contribution in [0.4, 0.5) is 5.82 Å². The first-order valence-electron chi connectivity index (χ1n) is 7.87. The van der Waals surface area contributed by atoms with Gasteiger partial charge in [0, 0.05) is 19.5 Å². The number of hydrogen-bond donors (Lipinski definition) is 1. The van der Waals surface area contributed by atoms with Crippen LogP contribution >= 0.6 is 11.3 Å². The second-order valence-corrected chi connectivity index (χ2v) is 6.47. The maximum Gasteiger partial charge on any atom is 0.165 e. The van der Waals surface area contributed by atoms with Gasteiger partial charge in [-0.3, -0.25) is 0 Å². The summed E-state index contributed by atoms with van der Waals surface area (Å²) in [6.07, 6.45) is 7.41. The number of rotatable bonds is 4. The molecule has 0 atom stereocenters. The monoisotopic (exact) mass is 313 g/mol. The van der Waals surface area contributed by atoms with Crippen molar-refractivity contribution in [2.45, 2.75) is 38.6 Å². The molecule has 1 aliphatic heterocycles. The van der Waals surface area contributed by atoms with Crippen LogP contribution in [0.25, 0.3) is 11.2 Å². The highest BCUT2D eigenvalue weighted by molar-refractivity contribution is 7.07. The fourth-order valence-corrected chi connectivity index (χ4v) is 3.73. The molecule has 0 aliphatic carbocycles. The number of nitrogens with zero attached hydrogens (tertiary/aromatic N) is 4. The van der Waals surface area contributed by atoms with Crippen molar-refractivity contribution in [1.29, 1.82) is 0 Å². The van der Waals surface area contributed by atoms with Crippen LogP contribution in [-0.4, -0.2) is 26.1 Å². The van der Waals surface area contributed by atoms with Crippen molar-refractivity contribution in [2.75, 3.05) is 11.9 Å². The molecule has 1 N–H and O–H groups in total. The average molecular weight is 313 g/mol. The lowest BCUT2D eigenvalue weighted by Gasteiger charge is -2.06. The van der Waals surface area contributed by atoms with Gasteiger partial charge in [0.1, 0.15) is 12.2 Å². The molecule has 0 fully saturated rings. The predicted octanol–water partition coefficient (Wildman–Crippen LogP) is 3.27. The summed E-state index contributed by atoms with van der Waals surface area (Å²) in [5.41, 5.74) is 3.26. The maximum atomic E-state index is 4.81. The van der Waals surface area contributed by atoms with Crippen molar-refractivity contribution >= 4 is 28.3 Å². The van der Waals surface area contributed by atoms with E-state index in [-0.39, 0.29) is 0 Å². The van der Waals surface area contributed by atoms with Gasteiger partial charge in [-0.2, -0.15) is 11.3 Å². The number of imidazole rings is 1. The van der Waals surface area contributed by atoms with Gasteiger partial charge in [0.05, 0.1) is 0 Å². The molecule has 0 spiro atoms. The Labute approximate surface area is 133 Å². The molecule has 22 heavy (non-hydrogen) atoms. The van der Waals surface area contributed by atoms with Gasteiger partial charge < -0.3 is 9.88 Å². The predicted molar refractivity (Wildman–Crippen MR) is 89.4 cm³/mol. The van der Waals surface area contributed by atoms with E-state index in [9.17, 15) is 0 Å². The lowest BCUT2D eigenvalue weighted by Crippen LogP contribution is -2.07. The highest BCUT2D eigenvalue weighted by Crippen LogP contribution is 2.24. The molecule has 114 valence electrons. The quantitative estimate of drug-likeness (QED) is 0.803. The molecule has 0 radical (unpaired) electrons. The second kappa shape index (κ2) is 6.04. The SMILES string of the molecule is c1nc(NCCc2ccsc2)c2nc3n(c2n1)CCCCC3. The van der Waals surface area contributed by atoms with Crippen LogP contribution < -0.4 is 5.32 Å². The van der Waals surface area contributed by atoms with Gasteiger partial charge in [-0.05, 0) is 41.7 Å². The highest BCUT2D eigenvalue weighted by Gasteiger charge is 2.17. The first-order valence-corrected chi connectivity index (χ1v) is 8.81. The standard InChI is InChI=1S/C16H19N5S/c1-2-4-13-20-14-15(17-7-5-12-6-9-22-10-12)18-11-19-16(14)21(13)8-3-1/h6,9-11H,1-5,7-8H2,(H,17,18,19). The number of anilines is 1. The van der Waals surface area contributed by atoms with Crippen LogP contribution in [0.15, 0.2) is 23.2 Å². The number of fused-ring (bicyclic) bond motifs is 3. The Kier molecular flexibility index (Phi) is 3.76. The van der Waals surface area contributed by atoms with Gasteiger partial charge in [0.25, 0.3) is 0 Å². The Morgan fingerprint density at radius 1 is 1.23 bits per heavy atom. The summed E-state index contributed by atoms with van der Waals surface area (Å²) in [6, 6.07) is 2.17. The van der Waals surface area contributed by atoms with E-state index < -0.39 is 0 Å². The summed E-state index contributed by atoms with van der Waals surface area (Å²) < 4.78 is 2.27. The van der Waals surface area contributed by atoms with Crippen LogP contribution in [0.3, 0.4) is 0 Å². The largest absolute Gasteiger partial charge is 0.368 e. The fourth-order valence-electron chi connectivity index (χ4n) is 3.03. The summed E-state index contributed by atoms with van der Waals surface area (Å²) in [5, 5.41) is 7.73. The Morgan fingerprint density at radius 3 is 3.14 bits per heavy atom. The van der Waals surface area contributed by atoms with Gasteiger partial charge in [-0.15, -0.1) is 0 Å². The summed E-state index contributed by atoms with van der Waals surface area (Å²) >= 11 is 1.74. The molecule has 0 saturated heterocycles. The normalized spacial score (nSPS) is 14.7. The number of nitrogens with one attached hydrogen (secondary N) is 1. The zero-order chi connectivity index (χ0) is 14.8. The first-order chi connectivity index (χ1) is 10.9. The summed E-state index contributed by atoms with van der Waals surface area (Å²) in [7, 11) is 0. The molecule has 0 bridgehead atoms. The molecule has 0 amide bonds. The van der Waals surface area contributed by atoms with E-state index in [1.165, 1.54) is 24.8 Å². The molecule has 0 saturated carbocycles. The van der Waals surface area contributed by atoms with Crippen molar-refractivity contribution in [3.05, 3.63) is 34.5 Å². The average Bonchev–Trinajstić information content (AvgIpc) is 3.10. The molecule has 4 heterocycles. The van der Waals surface area contributed by atoms with Crippen LogP contribution in [0.1, 0.15) is 30.7 Å². The summed E-state index contributed by atoms with van der Waals surface area (Å²) in [6.45, 7) is 1.89. The molecular weight excluding hydrogens is 294 g/mol. The Balaban J connectivity index is 1.58. The Bertz CT molecular complexity index is 762. The van der Waals surface area contributed by atoms with E-state index in [1.54, 1.807) is 17.7 Å². The van der Waals surface area contributed by atoms with E-state index in [0.29, 0.717) is 0 Å². The van der Waals surface area contributed by atoms with E-state index in [4.69, 9.17) is 4.98 Å². The zero-order valence-corrected chi connectivity index (χ0v) is 13.3. The number of hydrogen-bond acceptors (Lipinski definition) is 5. The molecule has 6 heteroatoms. The minimum absolute atomic E-state index is 0.862. The smallest absolute Gasteiger partial charge is 0.165 e. The van der Waals surface area contributed by atoms with Crippen molar-refractivity contribution in [3.8, 4) is 0 Å². The Hall–Kier alpha value is -1.95. The van der Waals surface area contributed by atoms with Gasteiger partial charge in [-0.1, -0.05) is 6.42 Å². The van der Waals surface area contributed by atoms with E-state index in [1.807, 2.05) is 0 Å². The molecule has 1 aliphatic rings. The van der Waals surface area contributed by atoms with Gasteiger partial charge >= 0.3 is 0 Å². The fraction of sp³-hybridized carbons (Fsp3) is 0.438. The topological polar surface area (TPSA) is 55.6 Å². The minimum atomic E-state index is 0.862. The first kappa shape index (κ1) is 13.7. The molecule has 3 aromatic heterocycles. The van der Waals surface area contributed by atoms with Crippen LogP contribution in [-0.2, 0) is 19.4 Å². The number of thiophene rings is 1. The zero-order valence-electron chi connectivity index (χ0n) is 12.5. The van der Waals surface area contributed by atoms with E-state index in [0.717, 1.165) is 48.7 Å². The molecule has 0 aromatic carbocycles. The van der Waals surface area contributed by atoms with Crippen molar-refractivity contribution in [2.24, 2.45) is 0 Å². The molecule has 0 unspecified atom stereocenters. The number of aryl methyl sites for hydroxylation is 2. The minimum Gasteiger partial charge on any atom is -0.368 e. The van der Waals surface area contributed by atoms with E-state index >= 15 is 0 Å². The van der Waals surface area contributed by atoms with E-state index in [2.05, 4.69) is 36.7 Å². The van der Waals surface area contributed by atoms with Gasteiger partial charge in [0.2, 0.25) is 0 Å². The molecular formula is C16H19N5S. The van der Waals surface area contributed by atoms with Gasteiger partial charge in [0.15, 0.2) is 17.0 Å². The molecule has 5 nitrogen and oxygen atoms in total. The van der Waals surface area contributed by atoms with Crippen LogP contribution in [0.5, 0.6) is 0 Å². The van der Waals surface area contributed by atoms with Crippen molar-refractivity contribution < 1.29 is 0 Å². The third-order valence-electron chi connectivity index (χ3n) is 4.18. The summed E-state index contributed by atoms with van der Waals surface area (Å²) in [5.74, 6) is 2.02. The molecule has 3 aromatic rings. The van der Waals surface area contributed by atoms with Crippen molar-refractivity contribution in [3.63, 3.8) is 0 Å². The lowest BCUT2D eigenvalue weighted by molar-refractivity contribution is 0.643. The Morgan fingerprint density at radius 2 is 2.23 bits per heavy atom. The summed E-state index contributed by atoms with van der Waals surface area (Å²) in [4.78, 5) is 13.7. The molecule has 4 rings (SSSR count). The van der Waals surface area contributed by atoms with Crippen molar-refractivity contribution in [1.82, 2.24) is 19.5 Å². The third kappa shape index (κ3) is 2.59.